The molecule has 10 heavy (non-hydrogen) atoms. The number of rotatable bonds is 0. The molecule has 0 saturated heterocycles. The van der Waals surface area contributed by atoms with E-state index in [-0.39, 0.29) is 6.09 Å². The summed E-state index contributed by atoms with van der Waals surface area (Å²) in [4.78, 5) is 12.3. The van der Waals surface area contributed by atoms with Crippen molar-refractivity contribution in [3.05, 3.63) is 18.7 Å². The molecule has 0 aromatic carbocycles. The maximum atomic E-state index is 10.8. The van der Waals surface area contributed by atoms with Crippen molar-refractivity contribution in [1.82, 2.24) is 4.90 Å². The van der Waals surface area contributed by atoms with Gasteiger partial charge in [0, 0.05) is 19.2 Å². The molecular formula is C7H9NO2. The maximum Gasteiger partial charge on any atom is 0.413 e. The van der Waals surface area contributed by atoms with Gasteiger partial charge in [0.1, 0.15) is 0 Å². The minimum Gasteiger partial charge on any atom is -0.452 e. The second-order valence-corrected chi connectivity index (χ2v) is 1.93. The topological polar surface area (TPSA) is 29.5 Å². The molecular weight excluding hydrogens is 130 g/mol. The van der Waals surface area contributed by atoms with E-state index >= 15 is 0 Å². The first-order chi connectivity index (χ1) is 4.84. The first-order valence-electron chi connectivity index (χ1n) is 3.09. The number of carbonyl (C=O) groups excluding carboxylic acids is 1. The van der Waals surface area contributed by atoms with Crippen LogP contribution in [0.1, 0.15) is 6.42 Å². The predicted molar refractivity (Wildman–Crippen MR) is 36.1 cm³/mol. The fraction of sp³-hybridized carbons (Fsp3) is 0.429. The predicted octanol–water partition coefficient (Wildman–Crippen LogP) is 1.05. The quantitative estimate of drug-likeness (QED) is 0.502. The Bertz CT molecular complexity index is 154. The average molecular weight is 139 g/mol. The zero-order valence-corrected chi connectivity index (χ0v) is 5.83. The molecule has 1 amide bonds. The molecule has 0 aliphatic carbocycles. The SMILES string of the molecule is COC(=O)N1C=C[C]CC1. The van der Waals surface area contributed by atoms with Crippen LogP contribution >= 0.6 is 0 Å². The molecule has 0 aromatic rings. The number of ether oxygens (including phenoxy) is 1. The molecule has 0 N–H and O–H groups in total. The van der Waals surface area contributed by atoms with Crippen LogP contribution in [0.3, 0.4) is 0 Å². The van der Waals surface area contributed by atoms with Crippen molar-refractivity contribution in [3.63, 3.8) is 0 Å². The molecule has 0 bridgehead atoms. The fourth-order valence-electron chi connectivity index (χ4n) is 0.755. The minimum atomic E-state index is -0.308. The highest BCUT2D eigenvalue weighted by Gasteiger charge is 2.11. The van der Waals surface area contributed by atoms with Gasteiger partial charge < -0.3 is 4.74 Å². The van der Waals surface area contributed by atoms with Gasteiger partial charge in [0.25, 0.3) is 0 Å². The van der Waals surface area contributed by atoms with E-state index in [0.717, 1.165) is 6.42 Å². The summed E-state index contributed by atoms with van der Waals surface area (Å²) in [6, 6.07) is 0. The van der Waals surface area contributed by atoms with E-state index in [2.05, 4.69) is 11.2 Å². The van der Waals surface area contributed by atoms with E-state index in [1.165, 1.54) is 12.0 Å². The van der Waals surface area contributed by atoms with E-state index in [4.69, 9.17) is 0 Å². The van der Waals surface area contributed by atoms with Crippen LogP contribution in [0.4, 0.5) is 4.79 Å². The Balaban J connectivity index is 2.46. The Hall–Kier alpha value is -0.990. The summed E-state index contributed by atoms with van der Waals surface area (Å²) in [5.41, 5.74) is 0. The number of hydrogen-bond acceptors (Lipinski definition) is 2. The van der Waals surface area contributed by atoms with Crippen LogP contribution in [0, 0.1) is 6.42 Å². The van der Waals surface area contributed by atoms with Crippen LogP contribution in [0.15, 0.2) is 12.3 Å². The van der Waals surface area contributed by atoms with Gasteiger partial charge >= 0.3 is 6.09 Å². The molecule has 2 radical (unpaired) electrons. The van der Waals surface area contributed by atoms with Crippen molar-refractivity contribution in [2.24, 2.45) is 0 Å². The molecule has 0 spiro atoms. The van der Waals surface area contributed by atoms with Crippen LogP contribution in [-0.2, 0) is 4.74 Å². The van der Waals surface area contributed by atoms with Gasteiger partial charge in [-0.1, -0.05) is 6.08 Å². The van der Waals surface area contributed by atoms with Crippen LogP contribution < -0.4 is 0 Å². The van der Waals surface area contributed by atoms with Crippen LogP contribution in [0.5, 0.6) is 0 Å². The van der Waals surface area contributed by atoms with Gasteiger partial charge in [-0.15, -0.1) is 0 Å². The third-order valence-electron chi connectivity index (χ3n) is 1.28. The van der Waals surface area contributed by atoms with Crippen molar-refractivity contribution in [2.45, 2.75) is 6.42 Å². The highest BCUT2D eigenvalue weighted by Crippen LogP contribution is 2.05. The molecule has 0 aromatic heterocycles. The molecule has 0 saturated carbocycles. The monoisotopic (exact) mass is 139 g/mol. The van der Waals surface area contributed by atoms with Gasteiger partial charge in [0.15, 0.2) is 0 Å². The number of amides is 1. The first kappa shape index (κ1) is 7.12. The fourth-order valence-corrected chi connectivity index (χ4v) is 0.755. The van der Waals surface area contributed by atoms with Crippen molar-refractivity contribution in [3.8, 4) is 0 Å². The van der Waals surface area contributed by atoms with Gasteiger partial charge in [-0.3, -0.25) is 4.90 Å². The maximum absolute atomic E-state index is 10.8. The molecule has 1 rings (SSSR count). The first-order valence-corrected chi connectivity index (χ1v) is 3.09. The second-order valence-electron chi connectivity index (χ2n) is 1.93. The largest absolute Gasteiger partial charge is 0.452 e. The summed E-state index contributed by atoms with van der Waals surface area (Å²) in [6.45, 7) is 0.670. The molecule has 54 valence electrons. The van der Waals surface area contributed by atoms with E-state index in [0.29, 0.717) is 6.54 Å². The van der Waals surface area contributed by atoms with Gasteiger partial charge in [0.05, 0.1) is 7.11 Å². The standard InChI is InChI=1S/C7H9NO2/c1-10-7(9)8-5-3-2-4-6-8/h3,5H,4,6H2,1H3. The zero-order valence-electron chi connectivity index (χ0n) is 5.83. The molecule has 0 unspecified atom stereocenters. The molecule has 3 nitrogen and oxygen atoms in total. The number of carbonyl (C=O) groups is 1. The summed E-state index contributed by atoms with van der Waals surface area (Å²) in [5, 5.41) is 0. The average Bonchev–Trinajstić information content (AvgIpc) is 2.05. The molecule has 1 aliphatic heterocycles. The highest BCUT2D eigenvalue weighted by molar-refractivity contribution is 5.68. The molecule has 0 fully saturated rings. The van der Waals surface area contributed by atoms with Crippen LogP contribution in [0.25, 0.3) is 0 Å². The Morgan fingerprint density at radius 3 is 3.10 bits per heavy atom. The van der Waals surface area contributed by atoms with E-state index in [1.807, 2.05) is 0 Å². The molecule has 0 atom stereocenters. The van der Waals surface area contributed by atoms with Crippen LogP contribution in [-0.4, -0.2) is 24.6 Å². The molecule has 3 heteroatoms. The van der Waals surface area contributed by atoms with Crippen LogP contribution in [0.2, 0.25) is 0 Å². The normalized spacial score (nSPS) is 17.1. The summed E-state index contributed by atoms with van der Waals surface area (Å²) in [7, 11) is 1.37. The lowest BCUT2D eigenvalue weighted by molar-refractivity contribution is 0.139. The smallest absolute Gasteiger partial charge is 0.413 e. The number of hydrogen-bond donors (Lipinski definition) is 0. The Morgan fingerprint density at radius 2 is 2.60 bits per heavy atom. The van der Waals surface area contributed by atoms with Crippen molar-refractivity contribution in [1.29, 1.82) is 0 Å². The summed E-state index contributed by atoms with van der Waals surface area (Å²) >= 11 is 0. The third-order valence-corrected chi connectivity index (χ3v) is 1.28. The summed E-state index contributed by atoms with van der Waals surface area (Å²) in [5.74, 6) is 0. The lowest BCUT2D eigenvalue weighted by Crippen LogP contribution is -2.28. The number of nitrogens with zero attached hydrogens (tertiary/aromatic N) is 1. The van der Waals surface area contributed by atoms with Crippen molar-refractivity contribution < 1.29 is 9.53 Å². The summed E-state index contributed by atoms with van der Waals surface area (Å²) in [6.07, 6.45) is 6.82. The molecule has 1 aliphatic rings. The van der Waals surface area contributed by atoms with Crippen molar-refractivity contribution in [2.75, 3.05) is 13.7 Å². The van der Waals surface area contributed by atoms with E-state index in [9.17, 15) is 4.79 Å². The Morgan fingerprint density at radius 1 is 1.80 bits per heavy atom. The Labute approximate surface area is 60.3 Å². The second kappa shape index (κ2) is 3.25. The Kier molecular flexibility index (Phi) is 2.31. The van der Waals surface area contributed by atoms with E-state index < -0.39 is 0 Å². The third kappa shape index (κ3) is 1.50. The van der Waals surface area contributed by atoms with Gasteiger partial charge in [-0.2, -0.15) is 0 Å². The lowest BCUT2D eigenvalue weighted by atomic mass is 10.2. The van der Waals surface area contributed by atoms with Gasteiger partial charge in [-0.25, -0.2) is 4.79 Å². The minimum absolute atomic E-state index is 0.308. The molecule has 1 heterocycles. The van der Waals surface area contributed by atoms with Gasteiger partial charge in [0.2, 0.25) is 0 Å². The lowest BCUT2D eigenvalue weighted by Gasteiger charge is -2.18. The zero-order chi connectivity index (χ0) is 7.40. The summed E-state index contributed by atoms with van der Waals surface area (Å²) < 4.78 is 4.50. The van der Waals surface area contributed by atoms with E-state index in [1.54, 1.807) is 12.3 Å². The highest BCUT2D eigenvalue weighted by atomic mass is 16.5. The van der Waals surface area contributed by atoms with Gasteiger partial charge in [-0.05, 0) is 6.42 Å². The van der Waals surface area contributed by atoms with Crippen molar-refractivity contribution >= 4 is 6.09 Å². The number of methoxy groups -OCH3 is 1. The number of allylic oxidation sites excluding steroid dienone is 1.